The summed E-state index contributed by atoms with van der Waals surface area (Å²) in [4.78, 5) is 0.208. The van der Waals surface area contributed by atoms with Crippen LogP contribution in [-0.4, -0.2) is 35.2 Å². The Hall–Kier alpha value is -1.42. The zero-order valence-corrected chi connectivity index (χ0v) is 15.6. The molecule has 2 rings (SSSR count). The lowest BCUT2D eigenvalue weighted by atomic mass is 10.3. The van der Waals surface area contributed by atoms with E-state index in [1.54, 1.807) is 12.1 Å². The van der Waals surface area contributed by atoms with Gasteiger partial charge in [-0.05, 0) is 48.5 Å². The van der Waals surface area contributed by atoms with Crippen LogP contribution in [0.5, 0.6) is 0 Å². The van der Waals surface area contributed by atoms with E-state index in [0.717, 1.165) is 8.78 Å². The van der Waals surface area contributed by atoms with E-state index in [1.807, 2.05) is 0 Å². The molecule has 0 aliphatic carbocycles. The van der Waals surface area contributed by atoms with Crippen molar-refractivity contribution in [1.29, 1.82) is 0 Å². The van der Waals surface area contributed by atoms with Crippen molar-refractivity contribution in [2.45, 2.75) is 9.79 Å². The van der Waals surface area contributed by atoms with E-state index in [2.05, 4.69) is 20.7 Å². The lowest BCUT2D eigenvalue weighted by molar-refractivity contribution is 0.521. The van der Waals surface area contributed by atoms with Gasteiger partial charge in [-0.1, -0.05) is 15.9 Å². The van der Waals surface area contributed by atoms with Crippen LogP contribution in [0.25, 0.3) is 0 Å². The van der Waals surface area contributed by atoms with Gasteiger partial charge in [-0.3, -0.25) is 4.72 Å². The van der Waals surface area contributed by atoms with Crippen LogP contribution in [0.3, 0.4) is 0 Å². The number of nitrogens with one attached hydrogen (secondary N) is 1. The molecule has 9 heteroatoms. The van der Waals surface area contributed by atoms with E-state index in [4.69, 9.17) is 0 Å². The fourth-order valence-corrected chi connectivity index (χ4v) is 3.96. The van der Waals surface area contributed by atoms with Gasteiger partial charge in [0.25, 0.3) is 10.0 Å². The van der Waals surface area contributed by atoms with Crippen molar-refractivity contribution < 1.29 is 16.8 Å². The Balaban J connectivity index is 2.26. The fraction of sp³-hybridized carbons (Fsp3) is 0.143. The molecule has 0 aromatic heterocycles. The molecule has 0 unspecified atom stereocenters. The molecule has 0 bridgehead atoms. The smallest absolute Gasteiger partial charge is 0.261 e. The Morgan fingerprint density at radius 3 is 1.78 bits per heavy atom. The van der Waals surface area contributed by atoms with Crippen LogP contribution in [-0.2, 0) is 20.0 Å². The highest BCUT2D eigenvalue weighted by molar-refractivity contribution is 9.10. The highest BCUT2D eigenvalue weighted by atomic mass is 79.9. The summed E-state index contributed by atoms with van der Waals surface area (Å²) in [6, 6.07) is 11.7. The topological polar surface area (TPSA) is 83.6 Å². The van der Waals surface area contributed by atoms with Crippen LogP contribution in [0.1, 0.15) is 0 Å². The van der Waals surface area contributed by atoms with E-state index >= 15 is 0 Å². The van der Waals surface area contributed by atoms with Crippen LogP contribution in [0.4, 0.5) is 5.69 Å². The third-order valence-corrected chi connectivity index (χ3v) is 6.76. The third kappa shape index (κ3) is 4.11. The number of halogens is 1. The van der Waals surface area contributed by atoms with Crippen molar-refractivity contribution in [3.63, 3.8) is 0 Å². The molecule has 0 spiro atoms. The molecule has 0 atom stereocenters. The average Bonchev–Trinajstić information content (AvgIpc) is 2.47. The lowest BCUT2D eigenvalue weighted by Crippen LogP contribution is -2.22. The van der Waals surface area contributed by atoms with Crippen molar-refractivity contribution >= 4 is 41.7 Å². The van der Waals surface area contributed by atoms with E-state index in [-0.39, 0.29) is 15.5 Å². The molecule has 0 saturated heterocycles. The highest BCUT2D eigenvalue weighted by Crippen LogP contribution is 2.21. The van der Waals surface area contributed by atoms with Crippen molar-refractivity contribution in [2.75, 3.05) is 18.8 Å². The molecule has 0 aliphatic rings. The molecule has 0 saturated carbocycles. The summed E-state index contributed by atoms with van der Waals surface area (Å²) < 4.78 is 52.7. The molecule has 124 valence electrons. The third-order valence-electron chi connectivity index (χ3n) is 3.01. The lowest BCUT2D eigenvalue weighted by Gasteiger charge is -2.12. The zero-order valence-electron chi connectivity index (χ0n) is 12.4. The molecule has 0 heterocycles. The first-order valence-corrected chi connectivity index (χ1v) is 10.2. The van der Waals surface area contributed by atoms with Gasteiger partial charge < -0.3 is 0 Å². The number of hydrogen-bond acceptors (Lipinski definition) is 4. The molecule has 0 amide bonds. The standard InChI is InChI=1S/C14H15BrN2O4S2/c1-17(2)23(20,21)14-9-5-12(6-10-14)16-22(18,19)13-7-3-11(15)4-8-13/h3-10,16H,1-2H3. The van der Waals surface area contributed by atoms with E-state index in [0.29, 0.717) is 0 Å². The molecular weight excluding hydrogens is 404 g/mol. The maximum atomic E-state index is 12.3. The Labute approximate surface area is 144 Å². The number of rotatable bonds is 5. The van der Waals surface area contributed by atoms with Crippen LogP contribution < -0.4 is 4.72 Å². The first-order chi connectivity index (χ1) is 10.6. The molecule has 0 fully saturated rings. The Kier molecular flexibility index (Phi) is 5.14. The van der Waals surface area contributed by atoms with Crippen molar-refractivity contribution in [3.05, 3.63) is 53.0 Å². The molecular formula is C14H15BrN2O4S2. The van der Waals surface area contributed by atoms with Crippen molar-refractivity contribution in [1.82, 2.24) is 4.31 Å². The average molecular weight is 419 g/mol. The normalized spacial score (nSPS) is 12.3. The van der Waals surface area contributed by atoms with Crippen molar-refractivity contribution in [3.8, 4) is 0 Å². The summed E-state index contributed by atoms with van der Waals surface area (Å²) in [7, 11) is -4.41. The number of nitrogens with zero attached hydrogens (tertiary/aromatic N) is 1. The molecule has 2 aromatic carbocycles. The second-order valence-corrected chi connectivity index (χ2v) is 9.62. The Bertz CT molecular complexity index is 891. The molecule has 1 N–H and O–H groups in total. The maximum absolute atomic E-state index is 12.3. The van der Waals surface area contributed by atoms with Gasteiger partial charge in [0.15, 0.2) is 0 Å². The Morgan fingerprint density at radius 2 is 1.30 bits per heavy atom. The number of sulfonamides is 2. The predicted octanol–water partition coefficient (Wildman–Crippen LogP) is 2.50. The zero-order chi connectivity index (χ0) is 17.3. The minimum Gasteiger partial charge on any atom is -0.280 e. The van der Waals surface area contributed by atoms with Crippen molar-refractivity contribution in [2.24, 2.45) is 0 Å². The molecule has 6 nitrogen and oxygen atoms in total. The van der Waals surface area contributed by atoms with Gasteiger partial charge in [0, 0.05) is 24.3 Å². The van der Waals surface area contributed by atoms with Crippen LogP contribution in [0.15, 0.2) is 62.8 Å². The summed E-state index contributed by atoms with van der Waals surface area (Å²) in [6.45, 7) is 0. The number of anilines is 1. The van der Waals surface area contributed by atoms with Crippen LogP contribution >= 0.6 is 15.9 Å². The predicted molar refractivity (Wildman–Crippen MR) is 92.3 cm³/mol. The van der Waals surface area contributed by atoms with Gasteiger partial charge in [0.2, 0.25) is 10.0 Å². The Morgan fingerprint density at radius 1 is 0.826 bits per heavy atom. The highest BCUT2D eigenvalue weighted by Gasteiger charge is 2.18. The van der Waals surface area contributed by atoms with E-state index in [9.17, 15) is 16.8 Å². The van der Waals surface area contributed by atoms with E-state index < -0.39 is 20.0 Å². The second-order valence-electron chi connectivity index (χ2n) is 4.87. The summed E-state index contributed by atoms with van der Waals surface area (Å²) in [5.74, 6) is 0. The number of benzene rings is 2. The van der Waals surface area contributed by atoms with Crippen LogP contribution in [0, 0.1) is 0 Å². The summed E-state index contributed by atoms with van der Waals surface area (Å²) in [5.41, 5.74) is 0.283. The first kappa shape index (κ1) is 17.9. The van der Waals surface area contributed by atoms with Gasteiger partial charge in [-0.15, -0.1) is 0 Å². The van der Waals surface area contributed by atoms with Crippen LogP contribution in [0.2, 0.25) is 0 Å². The van der Waals surface area contributed by atoms with E-state index in [1.165, 1.54) is 50.5 Å². The molecule has 0 aliphatic heterocycles. The van der Waals surface area contributed by atoms with Gasteiger partial charge >= 0.3 is 0 Å². The molecule has 0 radical (unpaired) electrons. The SMILES string of the molecule is CN(C)S(=O)(=O)c1ccc(NS(=O)(=O)c2ccc(Br)cc2)cc1. The van der Waals surface area contributed by atoms with Gasteiger partial charge in [0.1, 0.15) is 0 Å². The summed E-state index contributed by atoms with van der Waals surface area (Å²) in [5, 5.41) is 0. The maximum Gasteiger partial charge on any atom is 0.261 e. The molecule has 2 aromatic rings. The first-order valence-electron chi connectivity index (χ1n) is 6.44. The molecule has 23 heavy (non-hydrogen) atoms. The quantitative estimate of drug-likeness (QED) is 0.807. The largest absolute Gasteiger partial charge is 0.280 e. The fourth-order valence-electron chi connectivity index (χ4n) is 1.73. The monoisotopic (exact) mass is 418 g/mol. The second kappa shape index (κ2) is 6.60. The van der Waals surface area contributed by atoms with Gasteiger partial charge in [-0.2, -0.15) is 0 Å². The van der Waals surface area contributed by atoms with Gasteiger partial charge in [0.05, 0.1) is 9.79 Å². The summed E-state index contributed by atoms with van der Waals surface area (Å²) in [6.07, 6.45) is 0. The minimum absolute atomic E-state index is 0.0917. The minimum atomic E-state index is -3.73. The number of hydrogen-bond donors (Lipinski definition) is 1. The summed E-state index contributed by atoms with van der Waals surface area (Å²) >= 11 is 3.24. The van der Waals surface area contributed by atoms with Gasteiger partial charge in [-0.25, -0.2) is 21.1 Å².